The van der Waals surface area contributed by atoms with Crippen molar-refractivity contribution in [3.63, 3.8) is 0 Å². The minimum absolute atomic E-state index is 0.299. The summed E-state index contributed by atoms with van der Waals surface area (Å²) in [5.41, 5.74) is 2.05. The number of rotatable bonds is 5. The molecular weight excluding hydrogens is 242 g/mol. The first kappa shape index (κ1) is 15.3. The van der Waals surface area contributed by atoms with Gasteiger partial charge in [0.05, 0.1) is 5.71 Å². The Morgan fingerprint density at radius 2 is 1.83 bits per heavy atom. The third kappa shape index (κ3) is 4.83. The van der Waals surface area contributed by atoms with Crippen molar-refractivity contribution < 1.29 is 4.55 Å². The van der Waals surface area contributed by atoms with Crippen molar-refractivity contribution in [2.45, 2.75) is 51.7 Å². The van der Waals surface area contributed by atoms with Gasteiger partial charge in [0.1, 0.15) is 16.1 Å². The summed E-state index contributed by atoms with van der Waals surface area (Å²) in [5.74, 6) is 0. The number of benzene rings is 1. The zero-order valence-electron chi connectivity index (χ0n) is 11.8. The first-order chi connectivity index (χ1) is 8.45. The normalized spacial score (nSPS) is 14.6. The van der Waals surface area contributed by atoms with Crippen molar-refractivity contribution in [2.75, 3.05) is 0 Å². The first-order valence-electron chi connectivity index (χ1n) is 6.50. The molecule has 0 bridgehead atoms. The Hall–Kier alpha value is -0.800. The quantitative estimate of drug-likeness (QED) is 0.582. The van der Waals surface area contributed by atoms with E-state index in [9.17, 15) is 4.55 Å². The van der Waals surface area contributed by atoms with Gasteiger partial charge in [0.2, 0.25) is 0 Å². The van der Waals surface area contributed by atoms with Crippen LogP contribution in [-0.4, -0.2) is 15.0 Å². The molecule has 0 spiro atoms. The average Bonchev–Trinajstić information content (AvgIpc) is 2.34. The van der Waals surface area contributed by atoms with Crippen molar-refractivity contribution in [1.29, 1.82) is 0 Å². The van der Waals surface area contributed by atoms with Gasteiger partial charge in [0, 0.05) is 5.56 Å². The molecule has 1 atom stereocenters. The summed E-state index contributed by atoms with van der Waals surface area (Å²) >= 11 is -1.18. The van der Waals surface area contributed by atoms with Gasteiger partial charge in [-0.15, -0.1) is 0 Å². The van der Waals surface area contributed by atoms with Crippen LogP contribution in [0.25, 0.3) is 0 Å². The van der Waals surface area contributed by atoms with Gasteiger partial charge in [-0.1, -0.05) is 48.1 Å². The molecule has 0 heterocycles. The highest BCUT2D eigenvalue weighted by molar-refractivity contribution is 7.91. The molecule has 0 aliphatic carbocycles. The van der Waals surface area contributed by atoms with Crippen LogP contribution in [0.5, 0.6) is 0 Å². The lowest BCUT2D eigenvalue weighted by molar-refractivity contribution is 0.561. The maximum Gasteiger partial charge on any atom is 0.144 e. The van der Waals surface area contributed by atoms with E-state index in [2.05, 4.69) is 11.3 Å². The van der Waals surface area contributed by atoms with Crippen LogP contribution in [-0.2, 0) is 11.4 Å². The fourth-order valence-corrected chi connectivity index (χ4v) is 2.13. The minimum Gasteiger partial charge on any atom is -0.591 e. The smallest absolute Gasteiger partial charge is 0.144 e. The maximum atomic E-state index is 12.1. The van der Waals surface area contributed by atoms with Crippen molar-refractivity contribution in [1.82, 2.24) is 0 Å². The van der Waals surface area contributed by atoms with E-state index < -0.39 is 11.4 Å². The van der Waals surface area contributed by atoms with E-state index in [1.54, 1.807) is 0 Å². The van der Waals surface area contributed by atoms with Crippen LogP contribution in [0, 0.1) is 0 Å². The van der Waals surface area contributed by atoms with Gasteiger partial charge in [0.25, 0.3) is 0 Å². The highest BCUT2D eigenvalue weighted by Crippen LogP contribution is 2.19. The fraction of sp³-hybridized carbons (Fsp3) is 0.533. The van der Waals surface area contributed by atoms with Crippen LogP contribution in [0.15, 0.2) is 34.7 Å². The topological polar surface area (TPSA) is 35.4 Å². The Kier molecular flexibility index (Phi) is 5.89. The molecule has 0 aliphatic rings. The zero-order chi connectivity index (χ0) is 13.6. The molecule has 1 aromatic rings. The molecule has 1 unspecified atom stereocenters. The van der Waals surface area contributed by atoms with E-state index in [0.29, 0.717) is 0 Å². The van der Waals surface area contributed by atoms with Gasteiger partial charge >= 0.3 is 0 Å². The lowest BCUT2D eigenvalue weighted by atomic mass is 10.1. The molecule has 0 saturated carbocycles. The number of nitrogens with zero attached hydrogens (tertiary/aromatic N) is 1. The molecule has 0 saturated heterocycles. The van der Waals surface area contributed by atoms with Crippen molar-refractivity contribution >= 4 is 17.1 Å². The third-order valence-electron chi connectivity index (χ3n) is 2.59. The predicted octanol–water partition coefficient (Wildman–Crippen LogP) is 4.13. The van der Waals surface area contributed by atoms with Crippen LogP contribution in [0.4, 0.5) is 0 Å². The van der Waals surface area contributed by atoms with Crippen LogP contribution in [0.3, 0.4) is 0 Å². The summed E-state index contributed by atoms with van der Waals surface area (Å²) < 4.78 is 16.3. The van der Waals surface area contributed by atoms with Crippen LogP contribution >= 0.6 is 0 Å². The Balaban J connectivity index is 2.95. The van der Waals surface area contributed by atoms with Crippen molar-refractivity contribution in [3.8, 4) is 0 Å². The molecule has 0 radical (unpaired) electrons. The number of unbranched alkanes of at least 4 members (excludes halogenated alkanes) is 1. The molecule has 18 heavy (non-hydrogen) atoms. The lowest BCUT2D eigenvalue weighted by Gasteiger charge is -2.19. The Morgan fingerprint density at radius 3 is 2.33 bits per heavy atom. The van der Waals surface area contributed by atoms with Crippen molar-refractivity contribution in [3.05, 3.63) is 35.9 Å². The van der Waals surface area contributed by atoms with E-state index in [1.807, 2.05) is 51.1 Å². The molecule has 2 nitrogen and oxygen atoms in total. The summed E-state index contributed by atoms with van der Waals surface area (Å²) in [6, 6.07) is 10.1. The lowest BCUT2D eigenvalue weighted by Crippen LogP contribution is -2.27. The second-order valence-electron chi connectivity index (χ2n) is 5.37. The summed E-state index contributed by atoms with van der Waals surface area (Å²) in [5, 5.41) is 0. The van der Waals surface area contributed by atoms with Gasteiger partial charge < -0.3 is 4.55 Å². The Morgan fingerprint density at radius 1 is 1.22 bits per heavy atom. The van der Waals surface area contributed by atoms with E-state index >= 15 is 0 Å². The predicted molar refractivity (Wildman–Crippen MR) is 80.4 cm³/mol. The Bertz CT molecular complexity index is 381. The fourth-order valence-electron chi connectivity index (χ4n) is 1.45. The zero-order valence-corrected chi connectivity index (χ0v) is 12.6. The monoisotopic (exact) mass is 265 g/mol. The number of hydrogen-bond acceptors (Lipinski definition) is 2. The molecule has 100 valence electrons. The largest absolute Gasteiger partial charge is 0.591 e. The van der Waals surface area contributed by atoms with E-state index in [4.69, 9.17) is 0 Å². The second kappa shape index (κ2) is 6.95. The SMILES string of the molecule is CCCC/C(=N\[S+]([O-])C(C)(C)C)c1ccccc1. The minimum atomic E-state index is -1.18. The summed E-state index contributed by atoms with van der Waals surface area (Å²) in [7, 11) is 0. The molecule has 1 aromatic carbocycles. The summed E-state index contributed by atoms with van der Waals surface area (Å²) in [4.78, 5) is 0. The van der Waals surface area contributed by atoms with Crippen LogP contribution in [0.2, 0.25) is 0 Å². The third-order valence-corrected chi connectivity index (χ3v) is 4.03. The van der Waals surface area contributed by atoms with Gasteiger partial charge in [-0.05, 0) is 33.6 Å². The van der Waals surface area contributed by atoms with Gasteiger partial charge in [0.15, 0.2) is 0 Å². The standard InChI is InChI=1S/C15H23NOS/c1-5-6-12-14(13-10-8-7-9-11-13)16-18(17)15(2,3)4/h7-11H,5-6,12H2,1-4H3/b16-14+. The van der Waals surface area contributed by atoms with Gasteiger partial charge in [-0.2, -0.15) is 0 Å². The average molecular weight is 265 g/mol. The molecule has 1 rings (SSSR count). The molecule has 3 heteroatoms. The Labute approximate surface area is 114 Å². The van der Waals surface area contributed by atoms with Crippen molar-refractivity contribution in [2.24, 2.45) is 4.40 Å². The van der Waals surface area contributed by atoms with Crippen LogP contribution in [0.1, 0.15) is 52.5 Å². The maximum absolute atomic E-state index is 12.1. The second-order valence-corrected chi connectivity index (χ2v) is 7.27. The van der Waals surface area contributed by atoms with E-state index in [1.165, 1.54) is 0 Å². The van der Waals surface area contributed by atoms with E-state index in [0.717, 1.165) is 30.5 Å². The van der Waals surface area contributed by atoms with E-state index in [-0.39, 0.29) is 4.75 Å². The molecule has 0 N–H and O–H groups in total. The highest BCUT2D eigenvalue weighted by Gasteiger charge is 2.27. The van der Waals surface area contributed by atoms with Gasteiger partial charge in [-0.3, -0.25) is 0 Å². The molecule has 0 amide bonds. The van der Waals surface area contributed by atoms with Crippen LogP contribution < -0.4 is 0 Å². The van der Waals surface area contributed by atoms with Gasteiger partial charge in [-0.25, -0.2) is 0 Å². The molecule has 0 aromatic heterocycles. The molecule has 0 fully saturated rings. The molecular formula is C15H23NOS. The molecule has 0 aliphatic heterocycles. The summed E-state index contributed by atoms with van der Waals surface area (Å²) in [6.45, 7) is 8.02. The number of hydrogen-bond donors (Lipinski definition) is 0. The highest BCUT2D eigenvalue weighted by atomic mass is 32.2. The first-order valence-corrected chi connectivity index (χ1v) is 7.61. The summed E-state index contributed by atoms with van der Waals surface area (Å²) in [6.07, 6.45) is 3.09.